The van der Waals surface area contributed by atoms with Crippen molar-refractivity contribution in [2.75, 3.05) is 0 Å². The van der Waals surface area contributed by atoms with Gasteiger partial charge in [0.15, 0.2) is 5.69 Å². The summed E-state index contributed by atoms with van der Waals surface area (Å²) in [5, 5.41) is 8.82. The largest absolute Gasteiger partial charge is 0.476 e. The predicted molar refractivity (Wildman–Crippen MR) is 68.9 cm³/mol. The molecule has 104 valence electrons. The van der Waals surface area contributed by atoms with Gasteiger partial charge in [-0.25, -0.2) is 9.78 Å². The molecular weight excluding hydrogens is 291 g/mol. The molecule has 1 heterocycles. The lowest BCUT2D eigenvalue weighted by atomic mass is 10.0. The highest BCUT2D eigenvalue weighted by Crippen LogP contribution is 2.32. The Balaban J connectivity index is 2.47. The van der Waals surface area contributed by atoms with E-state index in [9.17, 15) is 18.0 Å². The molecule has 7 heteroatoms. The number of nitrogens with zero attached hydrogens (tertiary/aromatic N) is 1. The second kappa shape index (κ2) is 5.16. The van der Waals surface area contributed by atoms with Crippen molar-refractivity contribution < 1.29 is 23.1 Å². The van der Waals surface area contributed by atoms with Gasteiger partial charge in [0, 0.05) is 16.7 Å². The fraction of sp³-hybridized carbons (Fsp3) is 0.0769. The number of halogens is 3. The van der Waals surface area contributed by atoms with E-state index < -0.39 is 17.7 Å². The third kappa shape index (κ3) is 2.93. The monoisotopic (exact) mass is 299 g/mol. The van der Waals surface area contributed by atoms with Gasteiger partial charge in [0.05, 0.1) is 5.56 Å². The summed E-state index contributed by atoms with van der Waals surface area (Å²) in [5.41, 5.74) is -0.368. The highest BCUT2D eigenvalue weighted by Gasteiger charge is 2.30. The second-order valence-corrected chi connectivity index (χ2v) is 4.46. The lowest BCUT2D eigenvalue weighted by molar-refractivity contribution is -0.137. The van der Waals surface area contributed by atoms with Crippen LogP contribution in [0, 0.1) is 0 Å². The molecule has 2 aromatic rings. The van der Waals surface area contributed by atoms with Crippen molar-refractivity contribution in [2.24, 2.45) is 0 Å². The third-order valence-electron chi connectivity index (χ3n) is 2.59. The number of rotatable bonds is 2. The van der Waals surface area contributed by atoms with Gasteiger partial charge in [-0.15, -0.1) is 12.6 Å². The average molecular weight is 299 g/mol. The van der Waals surface area contributed by atoms with Gasteiger partial charge in [-0.1, -0.05) is 12.1 Å². The Morgan fingerprint density at radius 3 is 2.45 bits per heavy atom. The molecule has 0 radical (unpaired) electrons. The molecule has 1 aromatic carbocycles. The molecule has 1 aromatic heterocycles. The molecule has 3 nitrogen and oxygen atoms in total. The van der Waals surface area contributed by atoms with Crippen LogP contribution in [-0.2, 0) is 6.18 Å². The number of pyridine rings is 1. The summed E-state index contributed by atoms with van der Waals surface area (Å²) in [6.07, 6.45) is -3.23. The molecule has 0 spiro atoms. The minimum Gasteiger partial charge on any atom is -0.476 e. The summed E-state index contributed by atoms with van der Waals surface area (Å²) < 4.78 is 37.9. The molecule has 1 N–H and O–H groups in total. The Bertz CT molecular complexity index is 671. The molecule has 0 atom stereocenters. The summed E-state index contributed by atoms with van der Waals surface area (Å²) in [7, 11) is 0. The van der Waals surface area contributed by atoms with Crippen LogP contribution >= 0.6 is 12.6 Å². The lowest BCUT2D eigenvalue weighted by Crippen LogP contribution is -2.05. The number of hydrogen-bond acceptors (Lipinski definition) is 3. The zero-order valence-corrected chi connectivity index (χ0v) is 10.7. The topological polar surface area (TPSA) is 50.2 Å². The SMILES string of the molecule is O=C(O)c1ncc(-c2cccc(C(F)(F)F)c2)cc1S. The molecule has 0 saturated heterocycles. The maximum atomic E-state index is 12.6. The lowest BCUT2D eigenvalue weighted by Gasteiger charge is -2.09. The van der Waals surface area contributed by atoms with Crippen molar-refractivity contribution in [1.29, 1.82) is 0 Å². The number of carboxylic acids is 1. The number of alkyl halides is 3. The summed E-state index contributed by atoms with van der Waals surface area (Å²) in [6.45, 7) is 0. The number of carboxylic acid groups (broad SMARTS) is 1. The van der Waals surface area contributed by atoms with Crippen LogP contribution in [0.15, 0.2) is 41.4 Å². The standard InChI is InChI=1S/C13H8F3NO2S/c14-13(15,16)9-3-1-2-7(4-9)8-5-10(20)11(12(18)19)17-6-8/h1-6,20H,(H,18,19). The van der Waals surface area contributed by atoms with Crippen LogP contribution in [0.4, 0.5) is 13.2 Å². The Morgan fingerprint density at radius 2 is 1.90 bits per heavy atom. The predicted octanol–water partition coefficient (Wildman–Crippen LogP) is 3.75. The van der Waals surface area contributed by atoms with Crippen molar-refractivity contribution in [3.8, 4) is 11.1 Å². The van der Waals surface area contributed by atoms with Gasteiger partial charge in [-0.3, -0.25) is 0 Å². The number of aromatic nitrogens is 1. The third-order valence-corrected chi connectivity index (χ3v) is 2.93. The molecule has 2 rings (SSSR count). The Kier molecular flexibility index (Phi) is 3.71. The summed E-state index contributed by atoms with van der Waals surface area (Å²) in [4.78, 5) is 14.6. The van der Waals surface area contributed by atoms with Crippen molar-refractivity contribution in [2.45, 2.75) is 11.1 Å². The van der Waals surface area contributed by atoms with Gasteiger partial charge < -0.3 is 5.11 Å². The van der Waals surface area contributed by atoms with Crippen molar-refractivity contribution in [1.82, 2.24) is 4.98 Å². The fourth-order valence-corrected chi connectivity index (χ4v) is 1.94. The zero-order chi connectivity index (χ0) is 14.9. The van der Waals surface area contributed by atoms with Crippen LogP contribution in [-0.4, -0.2) is 16.1 Å². The van der Waals surface area contributed by atoms with Crippen molar-refractivity contribution in [3.05, 3.63) is 47.8 Å². The van der Waals surface area contributed by atoms with Crippen LogP contribution in [0.3, 0.4) is 0 Å². The van der Waals surface area contributed by atoms with E-state index in [0.717, 1.165) is 12.1 Å². The van der Waals surface area contributed by atoms with Gasteiger partial charge in [0.2, 0.25) is 0 Å². The van der Waals surface area contributed by atoms with E-state index in [1.54, 1.807) is 0 Å². The van der Waals surface area contributed by atoms with Gasteiger partial charge >= 0.3 is 12.1 Å². The first-order valence-corrected chi connectivity index (χ1v) is 5.83. The van der Waals surface area contributed by atoms with Gasteiger partial charge in [0.1, 0.15) is 0 Å². The van der Waals surface area contributed by atoms with Gasteiger partial charge in [-0.2, -0.15) is 13.2 Å². The Hall–Kier alpha value is -2.02. The van der Waals surface area contributed by atoms with Crippen LogP contribution in [0.25, 0.3) is 11.1 Å². The molecule has 0 aliphatic heterocycles. The van der Waals surface area contributed by atoms with Crippen LogP contribution in [0.5, 0.6) is 0 Å². The molecular formula is C13H8F3NO2S. The summed E-state index contributed by atoms with van der Waals surface area (Å²) >= 11 is 3.97. The first kappa shape index (κ1) is 14.4. The number of thiol groups is 1. The van der Waals surface area contributed by atoms with Gasteiger partial charge in [0.25, 0.3) is 0 Å². The quantitative estimate of drug-likeness (QED) is 0.830. The highest BCUT2D eigenvalue weighted by molar-refractivity contribution is 7.80. The van der Waals surface area contributed by atoms with E-state index in [1.165, 1.54) is 24.4 Å². The normalized spacial score (nSPS) is 11.4. The number of aromatic carboxylic acids is 1. The molecule has 0 unspecified atom stereocenters. The number of carbonyl (C=O) groups is 1. The first-order valence-electron chi connectivity index (χ1n) is 5.39. The van der Waals surface area contributed by atoms with Crippen molar-refractivity contribution in [3.63, 3.8) is 0 Å². The highest BCUT2D eigenvalue weighted by atomic mass is 32.1. The van der Waals surface area contributed by atoms with E-state index in [0.29, 0.717) is 11.1 Å². The number of hydrogen-bond donors (Lipinski definition) is 2. The minimum atomic E-state index is -4.44. The molecule has 0 aliphatic rings. The molecule has 0 fully saturated rings. The second-order valence-electron chi connectivity index (χ2n) is 3.98. The Morgan fingerprint density at radius 1 is 1.20 bits per heavy atom. The molecule has 0 aliphatic carbocycles. The van der Waals surface area contributed by atoms with E-state index in [4.69, 9.17) is 5.11 Å². The van der Waals surface area contributed by atoms with Gasteiger partial charge in [-0.05, 0) is 23.8 Å². The zero-order valence-electron chi connectivity index (χ0n) is 9.85. The van der Waals surface area contributed by atoms with E-state index in [2.05, 4.69) is 17.6 Å². The maximum absolute atomic E-state index is 12.6. The van der Waals surface area contributed by atoms with Crippen molar-refractivity contribution >= 4 is 18.6 Å². The van der Waals surface area contributed by atoms with Crippen LogP contribution in [0.1, 0.15) is 16.1 Å². The first-order chi connectivity index (χ1) is 9.29. The summed E-state index contributed by atoms with van der Waals surface area (Å²) in [5.74, 6) is -1.24. The van der Waals surface area contributed by atoms with E-state index in [-0.39, 0.29) is 10.6 Å². The molecule has 20 heavy (non-hydrogen) atoms. The Labute approximate surface area is 117 Å². The minimum absolute atomic E-state index is 0.0902. The fourth-order valence-electron chi connectivity index (χ4n) is 1.65. The van der Waals surface area contributed by atoms with Crippen LogP contribution in [0.2, 0.25) is 0 Å². The van der Waals surface area contributed by atoms with Crippen LogP contribution < -0.4 is 0 Å². The summed E-state index contributed by atoms with van der Waals surface area (Å²) in [6, 6.07) is 6.07. The average Bonchev–Trinajstić information content (AvgIpc) is 2.37. The molecule has 0 bridgehead atoms. The molecule has 0 amide bonds. The maximum Gasteiger partial charge on any atom is 0.416 e. The number of benzene rings is 1. The smallest absolute Gasteiger partial charge is 0.416 e. The molecule has 0 saturated carbocycles. The van der Waals surface area contributed by atoms with E-state index in [1.807, 2.05) is 0 Å². The van der Waals surface area contributed by atoms with E-state index >= 15 is 0 Å².